The van der Waals surface area contributed by atoms with Gasteiger partial charge in [-0.15, -0.1) is 0 Å². The quantitative estimate of drug-likeness (QED) is 0.853. The van der Waals surface area contributed by atoms with Crippen LogP contribution in [0.3, 0.4) is 0 Å². The molecule has 0 aromatic carbocycles. The Kier molecular flexibility index (Phi) is 4.18. The Morgan fingerprint density at radius 2 is 2.24 bits per heavy atom. The van der Waals surface area contributed by atoms with E-state index in [0.717, 1.165) is 4.57 Å². The Labute approximate surface area is 122 Å². The van der Waals surface area contributed by atoms with Crippen LogP contribution in [0.15, 0.2) is 17.1 Å². The number of halogens is 2. The maximum absolute atomic E-state index is 14.1. The molecule has 0 spiro atoms. The molecule has 9 heteroatoms. The van der Waals surface area contributed by atoms with E-state index in [1.54, 1.807) is 0 Å². The molecule has 21 heavy (non-hydrogen) atoms. The normalized spacial score (nSPS) is 25.2. The Balaban J connectivity index is 2.15. The summed E-state index contributed by atoms with van der Waals surface area (Å²) in [4.78, 5) is 15.1. The third-order valence-electron chi connectivity index (χ3n) is 2.99. The molecular formula is C12H19F2N3O3Si. The molecule has 1 saturated heterocycles. The van der Waals surface area contributed by atoms with E-state index in [2.05, 4.69) is 4.98 Å². The number of anilines is 1. The molecule has 0 saturated carbocycles. The zero-order valence-corrected chi connectivity index (χ0v) is 13.2. The van der Waals surface area contributed by atoms with Crippen LogP contribution < -0.4 is 11.4 Å². The van der Waals surface area contributed by atoms with Crippen molar-refractivity contribution in [1.82, 2.24) is 9.55 Å². The van der Waals surface area contributed by atoms with Crippen LogP contribution in [0.4, 0.5) is 14.6 Å². The largest absolute Gasteiger partial charge is 0.415 e. The SMILES string of the molecule is C[Si](C)(C)OC[C@@H]1CC(F)(F)[C@H](n2ccc(N)nc2=O)O1. The molecule has 0 amide bonds. The number of rotatable bonds is 4. The summed E-state index contributed by atoms with van der Waals surface area (Å²) in [6.07, 6.45) is -1.74. The summed E-state index contributed by atoms with van der Waals surface area (Å²) >= 11 is 0. The molecule has 1 aromatic heterocycles. The fourth-order valence-corrected chi connectivity index (χ4v) is 2.73. The molecule has 2 N–H and O–H groups in total. The van der Waals surface area contributed by atoms with Gasteiger partial charge < -0.3 is 14.9 Å². The summed E-state index contributed by atoms with van der Waals surface area (Å²) in [5, 5.41) is 0. The number of hydrogen-bond donors (Lipinski definition) is 1. The van der Waals surface area contributed by atoms with Crippen LogP contribution >= 0.6 is 0 Å². The van der Waals surface area contributed by atoms with Crippen molar-refractivity contribution >= 4 is 14.1 Å². The third-order valence-corrected chi connectivity index (χ3v) is 4.02. The second-order valence-electron chi connectivity index (χ2n) is 6.04. The lowest BCUT2D eigenvalue weighted by atomic mass is 10.2. The van der Waals surface area contributed by atoms with Crippen LogP contribution in [0.25, 0.3) is 0 Å². The van der Waals surface area contributed by atoms with Gasteiger partial charge in [0.05, 0.1) is 12.7 Å². The van der Waals surface area contributed by atoms with Gasteiger partial charge in [-0.3, -0.25) is 4.57 Å². The second-order valence-corrected chi connectivity index (χ2v) is 10.6. The monoisotopic (exact) mass is 319 g/mol. The van der Waals surface area contributed by atoms with Gasteiger partial charge in [0.25, 0.3) is 5.92 Å². The molecule has 1 aliphatic heterocycles. The lowest BCUT2D eigenvalue weighted by Gasteiger charge is -2.21. The van der Waals surface area contributed by atoms with Gasteiger partial charge in [-0.05, 0) is 25.7 Å². The number of nitrogens with two attached hydrogens (primary N) is 1. The van der Waals surface area contributed by atoms with E-state index in [-0.39, 0.29) is 12.4 Å². The number of hydrogen-bond acceptors (Lipinski definition) is 5. The first kappa shape index (κ1) is 16.1. The number of nitrogens with zero attached hydrogens (tertiary/aromatic N) is 2. The maximum Gasteiger partial charge on any atom is 0.351 e. The summed E-state index contributed by atoms with van der Waals surface area (Å²) in [5.41, 5.74) is 4.49. The molecule has 2 atom stereocenters. The summed E-state index contributed by atoms with van der Waals surface area (Å²) in [7, 11) is -1.81. The average molecular weight is 319 g/mol. The summed E-state index contributed by atoms with van der Waals surface area (Å²) in [6, 6.07) is 1.28. The van der Waals surface area contributed by atoms with Gasteiger partial charge >= 0.3 is 5.69 Å². The van der Waals surface area contributed by atoms with E-state index < -0.39 is 38.7 Å². The number of aromatic nitrogens is 2. The van der Waals surface area contributed by atoms with Crippen LogP contribution in [-0.4, -0.2) is 36.5 Å². The predicted octanol–water partition coefficient (Wildman–Crippen LogP) is 1.60. The van der Waals surface area contributed by atoms with Crippen molar-refractivity contribution in [2.45, 2.75) is 44.3 Å². The highest BCUT2D eigenvalue weighted by molar-refractivity contribution is 6.69. The highest BCUT2D eigenvalue weighted by Gasteiger charge is 2.52. The highest BCUT2D eigenvalue weighted by Crippen LogP contribution is 2.42. The minimum Gasteiger partial charge on any atom is -0.415 e. The molecule has 0 aliphatic carbocycles. The van der Waals surface area contributed by atoms with Gasteiger partial charge in [-0.2, -0.15) is 4.98 Å². The summed E-state index contributed by atoms with van der Waals surface area (Å²) in [6.45, 7) is 5.99. The van der Waals surface area contributed by atoms with E-state index in [0.29, 0.717) is 0 Å². The first-order chi connectivity index (χ1) is 9.58. The molecule has 118 valence electrons. The van der Waals surface area contributed by atoms with Gasteiger partial charge in [0.2, 0.25) is 6.23 Å². The van der Waals surface area contributed by atoms with Gasteiger partial charge in [0.1, 0.15) is 5.82 Å². The molecule has 0 radical (unpaired) electrons. The van der Waals surface area contributed by atoms with E-state index in [1.807, 2.05) is 19.6 Å². The lowest BCUT2D eigenvalue weighted by Crippen LogP contribution is -2.35. The smallest absolute Gasteiger partial charge is 0.351 e. The molecule has 2 heterocycles. The summed E-state index contributed by atoms with van der Waals surface area (Å²) in [5.74, 6) is -3.18. The van der Waals surface area contributed by atoms with Crippen LogP contribution in [0.2, 0.25) is 19.6 Å². The zero-order valence-electron chi connectivity index (χ0n) is 12.2. The average Bonchev–Trinajstić information content (AvgIpc) is 2.61. The fourth-order valence-electron chi connectivity index (χ4n) is 2.05. The van der Waals surface area contributed by atoms with Crippen molar-refractivity contribution < 1.29 is 17.9 Å². The molecule has 1 aliphatic rings. The highest BCUT2D eigenvalue weighted by atomic mass is 28.4. The van der Waals surface area contributed by atoms with E-state index in [4.69, 9.17) is 14.9 Å². The maximum atomic E-state index is 14.1. The van der Waals surface area contributed by atoms with Crippen molar-refractivity contribution in [1.29, 1.82) is 0 Å². The minimum atomic E-state index is -3.16. The number of alkyl halides is 2. The van der Waals surface area contributed by atoms with E-state index >= 15 is 0 Å². The van der Waals surface area contributed by atoms with Gasteiger partial charge in [0, 0.05) is 12.6 Å². The Bertz CT molecular complexity index is 574. The van der Waals surface area contributed by atoms with Crippen molar-refractivity contribution in [3.8, 4) is 0 Å². The molecule has 1 aromatic rings. The van der Waals surface area contributed by atoms with Crippen molar-refractivity contribution in [3.63, 3.8) is 0 Å². The number of ether oxygens (including phenoxy) is 1. The molecular weight excluding hydrogens is 300 g/mol. The van der Waals surface area contributed by atoms with Gasteiger partial charge in [0.15, 0.2) is 8.32 Å². The number of nitrogen functional groups attached to an aromatic ring is 1. The zero-order chi connectivity index (χ0) is 15.8. The minimum absolute atomic E-state index is 0.0174. The Morgan fingerprint density at radius 1 is 1.57 bits per heavy atom. The molecule has 2 rings (SSSR count). The van der Waals surface area contributed by atoms with Crippen LogP contribution in [-0.2, 0) is 9.16 Å². The van der Waals surface area contributed by atoms with Crippen LogP contribution in [0, 0.1) is 0 Å². The van der Waals surface area contributed by atoms with Crippen molar-refractivity contribution in [2.24, 2.45) is 0 Å². The second kappa shape index (κ2) is 5.47. The van der Waals surface area contributed by atoms with Crippen molar-refractivity contribution in [2.75, 3.05) is 12.3 Å². The summed E-state index contributed by atoms with van der Waals surface area (Å²) < 4.78 is 39.8. The van der Waals surface area contributed by atoms with Crippen molar-refractivity contribution in [3.05, 3.63) is 22.7 Å². The first-order valence-corrected chi connectivity index (χ1v) is 10.0. The third kappa shape index (κ3) is 3.86. The molecule has 0 unspecified atom stereocenters. The van der Waals surface area contributed by atoms with E-state index in [1.165, 1.54) is 12.3 Å². The van der Waals surface area contributed by atoms with Crippen LogP contribution in [0.5, 0.6) is 0 Å². The predicted molar refractivity (Wildman–Crippen MR) is 75.7 cm³/mol. The van der Waals surface area contributed by atoms with Gasteiger partial charge in [-0.25, -0.2) is 13.6 Å². The fraction of sp³-hybridized carbons (Fsp3) is 0.667. The Hall–Kier alpha value is -1.32. The standard InChI is InChI=1S/C12H19F2N3O3Si/c1-21(2,3)19-7-8-6-12(13,14)10(20-8)17-5-4-9(15)16-11(17)18/h4-5,8,10H,6-7H2,1-3H3,(H2,15,16,18)/t8-,10+/m0/s1. The molecule has 6 nitrogen and oxygen atoms in total. The van der Waals surface area contributed by atoms with E-state index in [9.17, 15) is 13.6 Å². The first-order valence-electron chi connectivity index (χ1n) is 6.60. The lowest BCUT2D eigenvalue weighted by molar-refractivity contribution is -0.119. The van der Waals surface area contributed by atoms with Crippen LogP contribution in [0.1, 0.15) is 12.6 Å². The Morgan fingerprint density at radius 3 is 2.81 bits per heavy atom. The molecule has 1 fully saturated rings. The molecule has 0 bridgehead atoms. The van der Waals surface area contributed by atoms with Gasteiger partial charge in [-0.1, -0.05) is 0 Å². The topological polar surface area (TPSA) is 79.4 Å².